The van der Waals surface area contributed by atoms with Gasteiger partial charge in [0.05, 0.1) is 12.1 Å². The summed E-state index contributed by atoms with van der Waals surface area (Å²) in [6, 6.07) is 8.29. The maximum Gasteiger partial charge on any atom is 0.253 e. The molecule has 1 heterocycles. The molecule has 1 aliphatic heterocycles. The number of hydrogen-bond donors (Lipinski definition) is 2. The molecule has 0 radical (unpaired) electrons. The molecule has 2 N–H and O–H groups in total. The van der Waals surface area contributed by atoms with Gasteiger partial charge in [-0.3, -0.25) is 9.59 Å². The van der Waals surface area contributed by atoms with E-state index in [4.69, 9.17) is 0 Å². The topological polar surface area (TPSA) is 61.4 Å². The van der Waals surface area contributed by atoms with E-state index in [1.54, 1.807) is 6.07 Å². The average Bonchev–Trinajstić information content (AvgIpc) is 3.37. The third-order valence-electron chi connectivity index (χ3n) is 5.00. The number of nitrogens with one attached hydrogen (secondary N) is 2. The number of rotatable bonds is 5. The molecule has 1 saturated heterocycles. The van der Waals surface area contributed by atoms with Gasteiger partial charge in [-0.2, -0.15) is 0 Å². The van der Waals surface area contributed by atoms with Crippen LogP contribution in [0.25, 0.3) is 0 Å². The molecule has 1 aliphatic carbocycles. The van der Waals surface area contributed by atoms with Crippen LogP contribution in [0.4, 0.5) is 5.69 Å². The Labute approximate surface area is 143 Å². The van der Waals surface area contributed by atoms with Crippen LogP contribution < -0.4 is 10.6 Å². The minimum atomic E-state index is -0.0623. The molecular formula is C19H27N3O2. The molecule has 0 unspecified atom stereocenters. The molecule has 2 atom stereocenters. The summed E-state index contributed by atoms with van der Waals surface area (Å²) in [6.07, 6.45) is 5.44. The van der Waals surface area contributed by atoms with E-state index in [-0.39, 0.29) is 30.4 Å². The number of piperidine rings is 1. The zero-order chi connectivity index (χ0) is 17.1. The van der Waals surface area contributed by atoms with E-state index in [0.29, 0.717) is 11.6 Å². The van der Waals surface area contributed by atoms with Gasteiger partial charge < -0.3 is 15.5 Å². The summed E-state index contributed by atoms with van der Waals surface area (Å²) in [5.41, 5.74) is 1.33. The predicted octanol–water partition coefficient (Wildman–Crippen LogP) is 2.78. The lowest BCUT2D eigenvalue weighted by Crippen LogP contribution is -2.49. The van der Waals surface area contributed by atoms with Gasteiger partial charge in [0.2, 0.25) is 5.91 Å². The molecule has 1 saturated carbocycles. The number of benzene rings is 1. The van der Waals surface area contributed by atoms with Crippen molar-refractivity contribution in [2.45, 2.75) is 64.1 Å². The highest BCUT2D eigenvalue weighted by molar-refractivity contribution is 6.00. The molecule has 2 amide bonds. The number of nitrogens with zero attached hydrogens (tertiary/aromatic N) is 1. The number of amides is 2. The summed E-state index contributed by atoms with van der Waals surface area (Å²) in [5.74, 6) is 0.0415. The van der Waals surface area contributed by atoms with Crippen molar-refractivity contribution in [3.63, 3.8) is 0 Å². The van der Waals surface area contributed by atoms with Gasteiger partial charge in [-0.05, 0) is 58.1 Å². The van der Waals surface area contributed by atoms with Crippen molar-refractivity contribution in [2.75, 3.05) is 11.9 Å². The SMILES string of the molecule is C[C@H]1CCC[C@H](C)N1C(=O)CNc1ccccc1C(=O)NC1CC1. The normalized spacial score (nSPS) is 23.7. The maximum absolute atomic E-state index is 12.6. The van der Waals surface area contributed by atoms with Crippen LogP contribution in [0.2, 0.25) is 0 Å². The standard InChI is InChI=1S/C19H27N3O2/c1-13-6-5-7-14(2)22(13)18(23)12-20-17-9-4-3-8-16(17)19(24)21-15-10-11-15/h3-4,8-9,13-15,20H,5-7,10-12H2,1-2H3,(H,21,24)/t13-,14-/m0/s1. The number of hydrogen-bond acceptors (Lipinski definition) is 3. The van der Waals surface area contributed by atoms with Gasteiger partial charge >= 0.3 is 0 Å². The quantitative estimate of drug-likeness (QED) is 0.873. The Morgan fingerprint density at radius 3 is 2.42 bits per heavy atom. The molecule has 2 aliphatic rings. The van der Waals surface area contributed by atoms with E-state index < -0.39 is 0 Å². The average molecular weight is 329 g/mol. The van der Waals surface area contributed by atoms with Crippen LogP contribution >= 0.6 is 0 Å². The van der Waals surface area contributed by atoms with Crippen molar-refractivity contribution in [1.82, 2.24) is 10.2 Å². The second kappa shape index (κ2) is 7.24. The highest BCUT2D eigenvalue weighted by Crippen LogP contribution is 2.24. The van der Waals surface area contributed by atoms with E-state index >= 15 is 0 Å². The van der Waals surface area contributed by atoms with Crippen LogP contribution in [-0.2, 0) is 4.79 Å². The van der Waals surface area contributed by atoms with E-state index in [9.17, 15) is 9.59 Å². The van der Waals surface area contributed by atoms with Gasteiger partial charge in [0.15, 0.2) is 0 Å². The zero-order valence-electron chi connectivity index (χ0n) is 14.5. The van der Waals surface area contributed by atoms with E-state index in [0.717, 1.165) is 31.4 Å². The maximum atomic E-state index is 12.6. The highest BCUT2D eigenvalue weighted by atomic mass is 16.2. The summed E-state index contributed by atoms with van der Waals surface area (Å²) < 4.78 is 0. The van der Waals surface area contributed by atoms with Crippen LogP contribution in [0, 0.1) is 0 Å². The van der Waals surface area contributed by atoms with Gasteiger partial charge in [-0.1, -0.05) is 12.1 Å². The minimum Gasteiger partial charge on any atom is -0.376 e. The predicted molar refractivity (Wildman–Crippen MR) is 95.0 cm³/mol. The molecule has 24 heavy (non-hydrogen) atoms. The molecule has 5 heteroatoms. The van der Waals surface area contributed by atoms with Gasteiger partial charge in [-0.15, -0.1) is 0 Å². The van der Waals surface area contributed by atoms with Crippen molar-refractivity contribution in [1.29, 1.82) is 0 Å². The number of likely N-dealkylation sites (tertiary alicyclic amines) is 1. The number of para-hydroxylation sites is 1. The van der Waals surface area contributed by atoms with Crippen molar-refractivity contribution < 1.29 is 9.59 Å². The molecule has 130 valence electrons. The second-order valence-corrected chi connectivity index (χ2v) is 7.08. The number of carbonyl (C=O) groups excluding carboxylic acids is 2. The van der Waals surface area contributed by atoms with Gasteiger partial charge in [-0.25, -0.2) is 0 Å². The first-order valence-corrected chi connectivity index (χ1v) is 9.01. The fourth-order valence-corrected chi connectivity index (χ4v) is 3.50. The Morgan fingerprint density at radius 2 is 1.75 bits per heavy atom. The minimum absolute atomic E-state index is 0.0623. The number of anilines is 1. The monoisotopic (exact) mass is 329 g/mol. The zero-order valence-corrected chi connectivity index (χ0v) is 14.5. The molecule has 0 spiro atoms. The van der Waals surface area contributed by atoms with E-state index in [2.05, 4.69) is 24.5 Å². The molecule has 2 fully saturated rings. The summed E-state index contributed by atoms with van der Waals surface area (Å²) in [6.45, 7) is 4.46. The van der Waals surface area contributed by atoms with Crippen LogP contribution in [0.15, 0.2) is 24.3 Å². The Kier molecular flexibility index (Phi) is 5.07. The first-order chi connectivity index (χ1) is 11.6. The summed E-state index contributed by atoms with van der Waals surface area (Å²) in [5, 5.41) is 6.18. The second-order valence-electron chi connectivity index (χ2n) is 7.08. The Morgan fingerprint density at radius 1 is 1.08 bits per heavy atom. The van der Waals surface area contributed by atoms with E-state index in [1.165, 1.54) is 6.42 Å². The van der Waals surface area contributed by atoms with Gasteiger partial charge in [0.25, 0.3) is 5.91 Å². The first kappa shape index (κ1) is 16.8. The van der Waals surface area contributed by atoms with Crippen LogP contribution in [0.3, 0.4) is 0 Å². The molecule has 1 aromatic carbocycles. The van der Waals surface area contributed by atoms with Gasteiger partial charge in [0, 0.05) is 23.8 Å². The molecule has 1 aromatic rings. The summed E-state index contributed by atoms with van der Waals surface area (Å²) >= 11 is 0. The van der Waals surface area contributed by atoms with Crippen molar-refractivity contribution in [3.05, 3.63) is 29.8 Å². The van der Waals surface area contributed by atoms with E-state index in [1.807, 2.05) is 23.1 Å². The van der Waals surface area contributed by atoms with Crippen LogP contribution in [0.5, 0.6) is 0 Å². The van der Waals surface area contributed by atoms with Gasteiger partial charge in [0.1, 0.15) is 0 Å². The molecular weight excluding hydrogens is 302 g/mol. The van der Waals surface area contributed by atoms with Crippen molar-refractivity contribution in [2.24, 2.45) is 0 Å². The smallest absolute Gasteiger partial charge is 0.253 e. The van der Waals surface area contributed by atoms with Crippen molar-refractivity contribution >= 4 is 17.5 Å². The third kappa shape index (κ3) is 3.89. The fourth-order valence-electron chi connectivity index (χ4n) is 3.50. The lowest BCUT2D eigenvalue weighted by atomic mass is 9.97. The highest BCUT2D eigenvalue weighted by Gasteiger charge is 2.29. The van der Waals surface area contributed by atoms with Crippen molar-refractivity contribution in [3.8, 4) is 0 Å². The molecule has 0 aromatic heterocycles. The summed E-state index contributed by atoms with van der Waals surface area (Å²) in [7, 11) is 0. The first-order valence-electron chi connectivity index (χ1n) is 9.01. The molecule has 3 rings (SSSR count). The Bertz CT molecular complexity index is 602. The molecule has 5 nitrogen and oxygen atoms in total. The Hall–Kier alpha value is -2.04. The lowest BCUT2D eigenvalue weighted by Gasteiger charge is -2.39. The van der Waals surface area contributed by atoms with Crippen LogP contribution in [-0.4, -0.2) is 41.4 Å². The largest absolute Gasteiger partial charge is 0.376 e. The number of carbonyl (C=O) groups is 2. The van der Waals surface area contributed by atoms with Crippen LogP contribution in [0.1, 0.15) is 56.3 Å². The fraction of sp³-hybridized carbons (Fsp3) is 0.579. The summed E-state index contributed by atoms with van der Waals surface area (Å²) in [4.78, 5) is 26.9. The third-order valence-corrected chi connectivity index (χ3v) is 5.00. The Balaban J connectivity index is 1.63. The lowest BCUT2D eigenvalue weighted by molar-refractivity contribution is -0.135. The molecule has 0 bridgehead atoms.